The molecule has 0 heterocycles. The van der Waals surface area contributed by atoms with E-state index in [9.17, 15) is 0 Å². The third kappa shape index (κ3) is 2.85. The van der Waals surface area contributed by atoms with Crippen molar-refractivity contribution in [1.82, 2.24) is 0 Å². The van der Waals surface area contributed by atoms with Crippen molar-refractivity contribution in [2.45, 2.75) is 33.6 Å². The third-order valence-corrected chi connectivity index (χ3v) is 3.06. The van der Waals surface area contributed by atoms with Crippen LogP contribution in [0.2, 0.25) is 0 Å². The van der Waals surface area contributed by atoms with Gasteiger partial charge in [0.1, 0.15) is 0 Å². The SMILES string of the molecule is CCC(C)(CN)Cc1cccc(C)c1. The second-order valence-electron chi connectivity index (χ2n) is 4.53. The maximum Gasteiger partial charge on any atom is -0.00201 e. The Hall–Kier alpha value is -0.820. The van der Waals surface area contributed by atoms with Crippen molar-refractivity contribution in [2.24, 2.45) is 11.1 Å². The summed E-state index contributed by atoms with van der Waals surface area (Å²) in [6, 6.07) is 8.70. The van der Waals surface area contributed by atoms with Gasteiger partial charge in [-0.05, 0) is 37.3 Å². The van der Waals surface area contributed by atoms with Crippen LogP contribution in [0.1, 0.15) is 31.4 Å². The van der Waals surface area contributed by atoms with Crippen molar-refractivity contribution in [1.29, 1.82) is 0 Å². The lowest BCUT2D eigenvalue weighted by Gasteiger charge is -2.26. The molecule has 1 heteroatoms. The lowest BCUT2D eigenvalue weighted by molar-refractivity contribution is 0.320. The lowest BCUT2D eigenvalue weighted by Crippen LogP contribution is -2.28. The van der Waals surface area contributed by atoms with Crippen LogP contribution in [0.15, 0.2) is 24.3 Å². The van der Waals surface area contributed by atoms with Crippen molar-refractivity contribution in [2.75, 3.05) is 6.54 Å². The molecule has 0 amide bonds. The maximum absolute atomic E-state index is 5.80. The van der Waals surface area contributed by atoms with E-state index in [0.717, 1.165) is 19.4 Å². The molecule has 1 atom stereocenters. The normalized spacial score (nSPS) is 15.1. The van der Waals surface area contributed by atoms with Crippen LogP contribution in [-0.2, 0) is 6.42 Å². The maximum atomic E-state index is 5.80. The van der Waals surface area contributed by atoms with E-state index >= 15 is 0 Å². The van der Waals surface area contributed by atoms with Gasteiger partial charge in [-0.3, -0.25) is 0 Å². The molecule has 1 aromatic rings. The summed E-state index contributed by atoms with van der Waals surface area (Å²) in [5.41, 5.74) is 8.80. The molecular formula is C13H21N. The molecule has 2 N–H and O–H groups in total. The molecule has 0 saturated carbocycles. The van der Waals surface area contributed by atoms with Crippen LogP contribution in [0, 0.1) is 12.3 Å². The molecule has 0 aromatic heterocycles. The first-order chi connectivity index (χ1) is 6.59. The topological polar surface area (TPSA) is 26.0 Å². The van der Waals surface area contributed by atoms with Gasteiger partial charge in [0, 0.05) is 0 Å². The first-order valence-electron chi connectivity index (χ1n) is 5.35. The molecular weight excluding hydrogens is 170 g/mol. The van der Waals surface area contributed by atoms with E-state index < -0.39 is 0 Å². The Morgan fingerprint density at radius 2 is 2.07 bits per heavy atom. The molecule has 14 heavy (non-hydrogen) atoms. The van der Waals surface area contributed by atoms with Gasteiger partial charge in [-0.1, -0.05) is 43.7 Å². The molecule has 0 fully saturated rings. The summed E-state index contributed by atoms with van der Waals surface area (Å²) in [6.07, 6.45) is 2.22. The van der Waals surface area contributed by atoms with E-state index in [-0.39, 0.29) is 5.41 Å². The van der Waals surface area contributed by atoms with Gasteiger partial charge in [-0.25, -0.2) is 0 Å². The summed E-state index contributed by atoms with van der Waals surface area (Å²) < 4.78 is 0. The van der Waals surface area contributed by atoms with Crippen LogP contribution in [-0.4, -0.2) is 6.54 Å². The average molecular weight is 191 g/mol. The van der Waals surface area contributed by atoms with Crippen LogP contribution in [0.5, 0.6) is 0 Å². The minimum Gasteiger partial charge on any atom is -0.330 e. The highest BCUT2D eigenvalue weighted by molar-refractivity contribution is 5.23. The zero-order valence-corrected chi connectivity index (χ0v) is 9.51. The second-order valence-corrected chi connectivity index (χ2v) is 4.53. The molecule has 1 nitrogen and oxygen atoms in total. The lowest BCUT2D eigenvalue weighted by atomic mass is 9.81. The Morgan fingerprint density at radius 3 is 2.57 bits per heavy atom. The Labute approximate surface area is 87.3 Å². The van der Waals surface area contributed by atoms with Gasteiger partial charge in [0.25, 0.3) is 0 Å². The minimum atomic E-state index is 0.258. The van der Waals surface area contributed by atoms with E-state index in [1.807, 2.05) is 0 Å². The minimum absolute atomic E-state index is 0.258. The van der Waals surface area contributed by atoms with Crippen molar-refractivity contribution >= 4 is 0 Å². The van der Waals surface area contributed by atoms with Crippen molar-refractivity contribution < 1.29 is 0 Å². The van der Waals surface area contributed by atoms with E-state index in [2.05, 4.69) is 45.0 Å². The molecule has 1 aromatic carbocycles. The average Bonchev–Trinajstić information content (AvgIpc) is 2.18. The van der Waals surface area contributed by atoms with Gasteiger partial charge in [-0.15, -0.1) is 0 Å². The fraction of sp³-hybridized carbons (Fsp3) is 0.538. The highest BCUT2D eigenvalue weighted by atomic mass is 14.6. The monoisotopic (exact) mass is 191 g/mol. The van der Waals surface area contributed by atoms with E-state index in [1.165, 1.54) is 11.1 Å². The van der Waals surface area contributed by atoms with E-state index in [1.54, 1.807) is 0 Å². The number of aryl methyl sites for hydroxylation is 1. The Balaban J connectivity index is 2.77. The summed E-state index contributed by atoms with van der Waals surface area (Å²) in [5, 5.41) is 0. The summed E-state index contributed by atoms with van der Waals surface area (Å²) in [5.74, 6) is 0. The zero-order chi connectivity index (χ0) is 10.6. The highest BCUT2D eigenvalue weighted by Crippen LogP contribution is 2.25. The molecule has 0 spiro atoms. The molecule has 0 aliphatic rings. The number of nitrogens with two attached hydrogens (primary N) is 1. The number of hydrogen-bond donors (Lipinski definition) is 1. The third-order valence-electron chi connectivity index (χ3n) is 3.06. The smallest absolute Gasteiger partial charge is 0.00201 e. The predicted molar refractivity (Wildman–Crippen MR) is 62.3 cm³/mol. The molecule has 0 bridgehead atoms. The largest absolute Gasteiger partial charge is 0.330 e. The standard InChI is InChI=1S/C13H21N/c1-4-13(3,10-14)9-12-7-5-6-11(2)8-12/h5-8H,4,9-10,14H2,1-3H3. The van der Waals surface area contributed by atoms with Crippen LogP contribution in [0.3, 0.4) is 0 Å². The molecule has 0 radical (unpaired) electrons. The fourth-order valence-electron chi connectivity index (χ4n) is 1.66. The Kier molecular flexibility index (Phi) is 3.70. The zero-order valence-electron chi connectivity index (χ0n) is 9.51. The second kappa shape index (κ2) is 4.61. The molecule has 1 unspecified atom stereocenters. The molecule has 0 saturated heterocycles. The van der Waals surface area contributed by atoms with Gasteiger partial charge in [0.15, 0.2) is 0 Å². The van der Waals surface area contributed by atoms with Crippen LogP contribution >= 0.6 is 0 Å². The van der Waals surface area contributed by atoms with Gasteiger partial charge in [0.05, 0.1) is 0 Å². The summed E-state index contributed by atoms with van der Waals surface area (Å²) >= 11 is 0. The first kappa shape index (κ1) is 11.3. The molecule has 0 aliphatic carbocycles. The predicted octanol–water partition coefficient (Wildman–Crippen LogP) is 2.91. The number of hydrogen-bond acceptors (Lipinski definition) is 1. The quantitative estimate of drug-likeness (QED) is 0.778. The summed E-state index contributed by atoms with van der Waals surface area (Å²) in [4.78, 5) is 0. The van der Waals surface area contributed by atoms with Gasteiger partial charge < -0.3 is 5.73 Å². The fourth-order valence-corrected chi connectivity index (χ4v) is 1.66. The molecule has 1 rings (SSSR count). The van der Waals surface area contributed by atoms with Crippen molar-refractivity contribution in [3.05, 3.63) is 35.4 Å². The summed E-state index contributed by atoms with van der Waals surface area (Å²) in [6.45, 7) is 7.37. The van der Waals surface area contributed by atoms with Crippen molar-refractivity contribution in [3.63, 3.8) is 0 Å². The highest BCUT2D eigenvalue weighted by Gasteiger charge is 2.20. The molecule has 78 valence electrons. The van der Waals surface area contributed by atoms with Crippen LogP contribution in [0.4, 0.5) is 0 Å². The van der Waals surface area contributed by atoms with Gasteiger partial charge in [0.2, 0.25) is 0 Å². The first-order valence-corrected chi connectivity index (χ1v) is 5.35. The Morgan fingerprint density at radius 1 is 1.36 bits per heavy atom. The molecule has 0 aliphatic heterocycles. The van der Waals surface area contributed by atoms with Gasteiger partial charge >= 0.3 is 0 Å². The Bertz CT molecular complexity index is 287. The van der Waals surface area contributed by atoms with Crippen LogP contribution in [0.25, 0.3) is 0 Å². The number of rotatable bonds is 4. The summed E-state index contributed by atoms with van der Waals surface area (Å²) in [7, 11) is 0. The van der Waals surface area contributed by atoms with Crippen molar-refractivity contribution in [3.8, 4) is 0 Å². The van der Waals surface area contributed by atoms with E-state index in [4.69, 9.17) is 5.73 Å². The number of benzene rings is 1. The van der Waals surface area contributed by atoms with Crippen LogP contribution < -0.4 is 5.73 Å². The van der Waals surface area contributed by atoms with E-state index in [0.29, 0.717) is 0 Å². The van der Waals surface area contributed by atoms with Gasteiger partial charge in [-0.2, -0.15) is 0 Å².